The molecule has 12 heteroatoms. The highest BCUT2D eigenvalue weighted by atomic mass is 16.5. The van der Waals surface area contributed by atoms with Crippen molar-refractivity contribution in [1.82, 2.24) is 10.2 Å². The summed E-state index contributed by atoms with van der Waals surface area (Å²) in [5.74, 6) is 0. The Morgan fingerprint density at radius 3 is 2.46 bits per heavy atom. The van der Waals surface area contributed by atoms with E-state index in [1.807, 2.05) is 0 Å². The summed E-state index contributed by atoms with van der Waals surface area (Å²) in [6.45, 7) is -0.372. The number of amidine groups is 1. The van der Waals surface area contributed by atoms with E-state index in [9.17, 15) is 40.9 Å². The topological polar surface area (TPSA) is 199 Å². The molecule has 0 radical (unpaired) electrons. The molecule has 28 heavy (non-hydrogen) atoms. The molecule has 0 aromatic heterocycles. The second-order valence-corrected chi connectivity index (χ2v) is 7.62. The molecule has 9 atom stereocenters. The van der Waals surface area contributed by atoms with Gasteiger partial charge in [0.25, 0.3) is 6.02 Å². The Balaban J connectivity index is 1.52. The van der Waals surface area contributed by atoms with Crippen LogP contribution in [0.3, 0.4) is 0 Å². The van der Waals surface area contributed by atoms with E-state index in [4.69, 9.17) is 4.74 Å². The van der Waals surface area contributed by atoms with E-state index in [1.54, 1.807) is 4.90 Å². The fraction of sp³-hybridized carbons (Fsp3) is 0.938. The molecule has 0 spiro atoms. The monoisotopic (exact) mass is 407 g/mol. The van der Waals surface area contributed by atoms with Crippen LogP contribution in [-0.2, 0) is 4.74 Å². The third-order valence-corrected chi connectivity index (χ3v) is 5.89. The number of ether oxygens (including phenoxy) is 1. The van der Waals surface area contributed by atoms with Gasteiger partial charge in [-0.25, -0.2) is 4.99 Å². The highest BCUT2D eigenvalue weighted by Gasteiger charge is 2.63. The van der Waals surface area contributed by atoms with Crippen LogP contribution in [0, 0.1) is 0 Å². The Labute approximate surface area is 161 Å². The third kappa shape index (κ3) is 3.60. The van der Waals surface area contributed by atoms with Crippen LogP contribution in [0.1, 0.15) is 6.42 Å². The lowest BCUT2D eigenvalue weighted by Gasteiger charge is -2.43. The summed E-state index contributed by atoms with van der Waals surface area (Å²) in [5, 5.41) is 81.2. The minimum absolute atomic E-state index is 0.0701. The number of aliphatic hydroxyl groups excluding tert-OH is 7. The van der Waals surface area contributed by atoms with E-state index < -0.39 is 60.9 Å². The van der Waals surface area contributed by atoms with E-state index in [0.29, 0.717) is 13.0 Å². The maximum absolute atomic E-state index is 10.3. The number of hydrogen-bond acceptors (Lipinski definition) is 11. The minimum Gasteiger partial charge on any atom is -0.457 e. The average Bonchev–Trinajstić information content (AvgIpc) is 3.18. The van der Waals surface area contributed by atoms with Crippen molar-refractivity contribution in [3.63, 3.8) is 0 Å². The molecule has 3 rings (SSSR count). The van der Waals surface area contributed by atoms with Crippen LogP contribution in [0.5, 0.6) is 0 Å². The number of nitrogens with one attached hydrogen (secondary N) is 1. The van der Waals surface area contributed by atoms with Crippen molar-refractivity contribution in [2.45, 2.75) is 60.7 Å². The molecule has 12 nitrogen and oxygen atoms in total. The van der Waals surface area contributed by atoms with E-state index >= 15 is 0 Å². The molecule has 0 unspecified atom stereocenters. The predicted molar refractivity (Wildman–Crippen MR) is 93.2 cm³/mol. The predicted octanol–water partition coefficient (Wildman–Crippen LogP) is -5.69. The second-order valence-electron chi connectivity index (χ2n) is 7.62. The fourth-order valence-electron chi connectivity index (χ4n) is 4.15. The summed E-state index contributed by atoms with van der Waals surface area (Å²) in [5.41, 5.74) is -1.95. The average molecular weight is 407 g/mol. The Morgan fingerprint density at radius 2 is 1.82 bits per heavy atom. The van der Waals surface area contributed by atoms with E-state index in [2.05, 4.69) is 10.3 Å². The first kappa shape index (κ1) is 21.6. The van der Waals surface area contributed by atoms with Gasteiger partial charge in [0.05, 0.1) is 25.4 Å². The van der Waals surface area contributed by atoms with Crippen molar-refractivity contribution < 1.29 is 45.6 Å². The molecule has 3 aliphatic rings. The summed E-state index contributed by atoms with van der Waals surface area (Å²) in [6, 6.07) is -1.53. The van der Waals surface area contributed by atoms with Crippen LogP contribution in [0.4, 0.5) is 0 Å². The summed E-state index contributed by atoms with van der Waals surface area (Å²) in [4.78, 5) is 5.86. The molecule has 0 amide bonds. The van der Waals surface area contributed by atoms with E-state index in [-0.39, 0.29) is 25.7 Å². The normalized spacial score (nSPS) is 47.8. The highest BCUT2D eigenvalue weighted by Crippen LogP contribution is 2.36. The maximum atomic E-state index is 10.3. The quantitative estimate of drug-likeness (QED) is 0.190. The number of fused-ring (bicyclic) bond motifs is 1. The third-order valence-electron chi connectivity index (χ3n) is 5.89. The number of hydrogen-bond donors (Lipinski definition) is 9. The van der Waals surface area contributed by atoms with Crippen molar-refractivity contribution in [3.05, 3.63) is 0 Å². The SMILES string of the molecule is OC[C@@H]1[C@@H](O)[C@H](O)[C@@H](O)CN1CCCN=C1N[C@@H]2[C@H](O1)[C@@H](O)[C@H](O)[C@]2(O)CO. The van der Waals surface area contributed by atoms with Gasteiger partial charge >= 0.3 is 0 Å². The molecule has 2 heterocycles. The molecule has 1 saturated carbocycles. The molecular formula is C16H29N3O9. The van der Waals surface area contributed by atoms with Gasteiger partial charge in [-0.15, -0.1) is 0 Å². The zero-order valence-corrected chi connectivity index (χ0v) is 15.2. The van der Waals surface area contributed by atoms with Crippen molar-refractivity contribution in [2.75, 3.05) is 32.8 Å². The van der Waals surface area contributed by atoms with Crippen LogP contribution in [0.15, 0.2) is 4.99 Å². The van der Waals surface area contributed by atoms with Crippen molar-refractivity contribution >= 4 is 6.02 Å². The summed E-state index contributed by atoms with van der Waals surface area (Å²) in [6.07, 6.45) is -7.09. The lowest BCUT2D eigenvalue weighted by atomic mass is 9.94. The molecule has 2 saturated heterocycles. The van der Waals surface area contributed by atoms with Gasteiger partial charge in [0.2, 0.25) is 0 Å². The van der Waals surface area contributed by atoms with Gasteiger partial charge in [-0.2, -0.15) is 0 Å². The second kappa shape index (κ2) is 8.34. The number of likely N-dealkylation sites (tertiary alicyclic amines) is 1. The molecule has 2 aliphatic heterocycles. The van der Waals surface area contributed by atoms with Crippen molar-refractivity contribution in [1.29, 1.82) is 0 Å². The first-order valence-corrected chi connectivity index (χ1v) is 9.30. The minimum atomic E-state index is -1.95. The molecule has 1 aliphatic carbocycles. The van der Waals surface area contributed by atoms with Gasteiger partial charge in [-0.3, -0.25) is 4.90 Å². The Bertz CT molecular complexity index is 582. The number of aliphatic hydroxyl groups is 8. The van der Waals surface area contributed by atoms with E-state index in [0.717, 1.165) is 0 Å². The molecule has 9 N–H and O–H groups in total. The molecule has 0 aromatic rings. The Hall–Kier alpha value is -1.09. The van der Waals surface area contributed by atoms with Crippen molar-refractivity contribution in [2.24, 2.45) is 4.99 Å². The van der Waals surface area contributed by atoms with Crippen LogP contribution < -0.4 is 5.32 Å². The summed E-state index contributed by atoms with van der Waals surface area (Å²) >= 11 is 0. The maximum Gasteiger partial charge on any atom is 0.285 e. The van der Waals surface area contributed by atoms with E-state index in [1.165, 1.54) is 0 Å². The van der Waals surface area contributed by atoms with Gasteiger partial charge in [-0.05, 0) is 6.42 Å². The smallest absolute Gasteiger partial charge is 0.285 e. The number of nitrogens with zero attached hydrogens (tertiary/aromatic N) is 2. The van der Waals surface area contributed by atoms with Crippen LogP contribution in [0.2, 0.25) is 0 Å². The van der Waals surface area contributed by atoms with Gasteiger partial charge in [0, 0.05) is 19.6 Å². The number of β-amino-alcohol motifs (C(OH)–C–C–N with tert-alkyl or cyclic N) is 1. The zero-order valence-electron chi connectivity index (χ0n) is 15.2. The fourth-order valence-corrected chi connectivity index (χ4v) is 4.15. The van der Waals surface area contributed by atoms with Crippen LogP contribution in [-0.4, -0.2) is 139 Å². The largest absolute Gasteiger partial charge is 0.457 e. The molecular weight excluding hydrogens is 378 g/mol. The van der Waals surface area contributed by atoms with Gasteiger partial charge < -0.3 is 50.9 Å². The van der Waals surface area contributed by atoms with Gasteiger partial charge in [0.1, 0.15) is 36.1 Å². The first-order chi connectivity index (χ1) is 13.2. The molecule has 0 aromatic carbocycles. The molecule has 162 valence electrons. The van der Waals surface area contributed by atoms with Crippen molar-refractivity contribution in [3.8, 4) is 0 Å². The molecule has 0 bridgehead atoms. The number of aliphatic imine (C=N–C) groups is 1. The van der Waals surface area contributed by atoms with Crippen LogP contribution in [0.25, 0.3) is 0 Å². The first-order valence-electron chi connectivity index (χ1n) is 9.30. The molecule has 3 fully saturated rings. The standard InChI is InChI=1S/C16H29N3O9/c20-5-7-9(23)10(24)8(22)4-19(7)3-1-2-17-15-18-13-12(28-15)11(25)14(26)16(13,27)6-21/h7-14,20-27H,1-6H2,(H,17,18)/t7-,8+,9-,10-,11-,12-,13-,14+,16+/m1/s1. The van der Waals surface area contributed by atoms with Crippen LogP contribution >= 0.6 is 0 Å². The summed E-state index contributed by atoms with van der Waals surface area (Å²) in [7, 11) is 0. The van der Waals surface area contributed by atoms with Gasteiger partial charge in [-0.1, -0.05) is 0 Å². The Kier molecular flexibility index (Phi) is 6.44. The zero-order chi connectivity index (χ0) is 20.6. The number of rotatable bonds is 6. The summed E-state index contributed by atoms with van der Waals surface area (Å²) < 4.78 is 5.44. The number of piperidine rings is 1. The van der Waals surface area contributed by atoms with Gasteiger partial charge in [0.15, 0.2) is 6.10 Å². The lowest BCUT2D eigenvalue weighted by Crippen LogP contribution is -2.62. The lowest BCUT2D eigenvalue weighted by molar-refractivity contribution is -0.144. The Morgan fingerprint density at radius 1 is 1.11 bits per heavy atom. The highest BCUT2D eigenvalue weighted by molar-refractivity contribution is 5.77.